The topological polar surface area (TPSA) is 81.5 Å². The van der Waals surface area contributed by atoms with Crippen LogP contribution in [0.2, 0.25) is 5.02 Å². The van der Waals surface area contributed by atoms with E-state index < -0.39 is 35.3 Å². The minimum atomic E-state index is -3.47. The molecule has 1 atom stereocenters. The summed E-state index contributed by atoms with van der Waals surface area (Å²) in [5, 5.41) is 12.8. The number of halogens is 4. The summed E-state index contributed by atoms with van der Waals surface area (Å²) in [5.41, 5.74) is -0.907. The summed E-state index contributed by atoms with van der Waals surface area (Å²) in [7, 11) is 0. The van der Waals surface area contributed by atoms with Gasteiger partial charge in [-0.05, 0) is 12.1 Å². The van der Waals surface area contributed by atoms with E-state index >= 15 is 0 Å². The van der Waals surface area contributed by atoms with Crippen LogP contribution in [-0.2, 0) is 4.74 Å². The van der Waals surface area contributed by atoms with Crippen LogP contribution in [0.4, 0.5) is 19.3 Å². The van der Waals surface area contributed by atoms with E-state index in [1.807, 2.05) is 5.32 Å². The van der Waals surface area contributed by atoms with Crippen LogP contribution in [0.5, 0.6) is 0 Å². The van der Waals surface area contributed by atoms with Gasteiger partial charge in [0, 0.05) is 11.1 Å². The van der Waals surface area contributed by atoms with Gasteiger partial charge in [0.05, 0.1) is 10.5 Å². The molecule has 1 aliphatic heterocycles. The number of nitro benzene ring substituents is 1. The third-order valence-corrected chi connectivity index (χ3v) is 2.81. The third kappa shape index (κ3) is 3.07. The Labute approximate surface area is 122 Å². The molecule has 1 aromatic carbocycles. The highest BCUT2D eigenvalue weighted by Gasteiger charge is 2.49. The number of hydrogen-bond acceptors (Lipinski definition) is 4. The van der Waals surface area contributed by atoms with Crippen molar-refractivity contribution in [2.45, 2.75) is 12.0 Å². The molecule has 10 heteroatoms. The highest BCUT2D eigenvalue weighted by atomic mass is 35.5. The molecule has 20 heavy (non-hydrogen) atoms. The first-order chi connectivity index (χ1) is 8.81. The fraction of sp³-hybridized carbons (Fsp3) is 0.300. The molecule has 0 bridgehead atoms. The Morgan fingerprint density at radius 2 is 2.15 bits per heavy atom. The number of amides is 1. The van der Waals surface area contributed by atoms with Crippen LogP contribution in [0.15, 0.2) is 18.2 Å². The predicted molar refractivity (Wildman–Crippen MR) is 67.5 cm³/mol. The lowest BCUT2D eigenvalue weighted by Crippen LogP contribution is -2.49. The van der Waals surface area contributed by atoms with Crippen LogP contribution in [0, 0.1) is 10.1 Å². The number of benzene rings is 1. The Morgan fingerprint density at radius 3 is 2.75 bits per heavy atom. The maximum atomic E-state index is 13.7. The van der Waals surface area contributed by atoms with Crippen molar-refractivity contribution >= 4 is 35.8 Å². The number of rotatable bonds is 2. The van der Waals surface area contributed by atoms with Crippen molar-refractivity contribution in [2.75, 3.05) is 6.61 Å². The maximum Gasteiger partial charge on any atom is 0.408 e. The SMILES string of the molecule is Cl.O=C1N[C@@H](c2cc(Cl)ccc2[N+](=O)[O-])C(F)(F)CO1. The zero-order valence-corrected chi connectivity index (χ0v) is 11.2. The molecule has 1 amide bonds. The van der Waals surface area contributed by atoms with E-state index in [4.69, 9.17) is 11.6 Å². The Bertz CT molecular complexity index is 556. The molecule has 0 radical (unpaired) electrons. The van der Waals surface area contributed by atoms with E-state index in [0.717, 1.165) is 12.1 Å². The number of carbonyl (C=O) groups is 1. The van der Waals surface area contributed by atoms with Crippen LogP contribution in [-0.4, -0.2) is 23.5 Å². The number of nitrogens with zero attached hydrogens (tertiary/aromatic N) is 1. The molecule has 6 nitrogen and oxygen atoms in total. The smallest absolute Gasteiger partial charge is 0.408 e. The Hall–Kier alpha value is -1.67. The normalized spacial score (nSPS) is 20.4. The fourth-order valence-electron chi connectivity index (χ4n) is 1.74. The number of alkyl carbamates (subject to hydrolysis) is 1. The van der Waals surface area contributed by atoms with Gasteiger partial charge < -0.3 is 10.1 Å². The minimum absolute atomic E-state index is 0. The van der Waals surface area contributed by atoms with Crippen LogP contribution < -0.4 is 5.32 Å². The second-order valence-corrected chi connectivity index (χ2v) is 4.31. The van der Waals surface area contributed by atoms with E-state index in [1.54, 1.807) is 0 Å². The Kier molecular flexibility index (Phi) is 4.72. The van der Waals surface area contributed by atoms with Crippen LogP contribution in [0.1, 0.15) is 11.6 Å². The van der Waals surface area contributed by atoms with Crippen molar-refractivity contribution < 1.29 is 23.2 Å². The first kappa shape index (κ1) is 16.4. The number of cyclic esters (lactones) is 1. The number of ether oxygens (including phenoxy) is 1. The van der Waals surface area contributed by atoms with E-state index in [2.05, 4.69) is 4.74 Å². The number of alkyl halides is 2. The molecule has 0 aliphatic carbocycles. The number of nitro groups is 1. The quantitative estimate of drug-likeness (QED) is 0.668. The molecule has 1 aliphatic rings. The molecule has 110 valence electrons. The molecule has 1 saturated heterocycles. The van der Waals surface area contributed by atoms with Crippen molar-refractivity contribution in [1.29, 1.82) is 0 Å². The second kappa shape index (κ2) is 5.76. The van der Waals surface area contributed by atoms with Gasteiger partial charge in [0.2, 0.25) is 0 Å². The van der Waals surface area contributed by atoms with Crippen molar-refractivity contribution in [3.63, 3.8) is 0 Å². The van der Waals surface area contributed by atoms with Gasteiger partial charge in [-0.2, -0.15) is 0 Å². The summed E-state index contributed by atoms with van der Waals surface area (Å²) < 4.78 is 31.6. The van der Waals surface area contributed by atoms with Crippen molar-refractivity contribution in [1.82, 2.24) is 5.32 Å². The van der Waals surface area contributed by atoms with Crippen molar-refractivity contribution in [3.8, 4) is 0 Å². The average molecular weight is 329 g/mol. The van der Waals surface area contributed by atoms with Gasteiger partial charge in [0.1, 0.15) is 6.04 Å². The largest absolute Gasteiger partial charge is 0.443 e. The number of hydrogen-bond donors (Lipinski definition) is 1. The van der Waals surface area contributed by atoms with Gasteiger partial charge in [-0.3, -0.25) is 10.1 Å². The minimum Gasteiger partial charge on any atom is -0.443 e. The molecule has 0 aromatic heterocycles. The lowest BCUT2D eigenvalue weighted by molar-refractivity contribution is -0.386. The predicted octanol–water partition coefficient (Wildman–Crippen LogP) is 3.09. The first-order valence-corrected chi connectivity index (χ1v) is 5.44. The molecule has 2 rings (SSSR count). The van der Waals surface area contributed by atoms with E-state index in [-0.39, 0.29) is 23.0 Å². The lowest BCUT2D eigenvalue weighted by atomic mass is 9.98. The highest BCUT2D eigenvalue weighted by molar-refractivity contribution is 6.30. The van der Waals surface area contributed by atoms with E-state index in [1.165, 1.54) is 6.07 Å². The molecular formula is C10H8Cl2F2N2O4. The maximum absolute atomic E-state index is 13.7. The zero-order valence-electron chi connectivity index (χ0n) is 9.64. The molecular weight excluding hydrogens is 321 g/mol. The number of nitrogens with one attached hydrogen (secondary N) is 1. The highest BCUT2D eigenvalue weighted by Crippen LogP contribution is 2.39. The van der Waals surface area contributed by atoms with Crippen LogP contribution >= 0.6 is 24.0 Å². The molecule has 1 heterocycles. The number of carbonyl (C=O) groups excluding carboxylic acids is 1. The molecule has 0 spiro atoms. The van der Waals surface area contributed by atoms with Crippen molar-refractivity contribution in [2.24, 2.45) is 0 Å². The zero-order chi connectivity index (χ0) is 14.2. The summed E-state index contributed by atoms with van der Waals surface area (Å²) in [4.78, 5) is 21.1. The summed E-state index contributed by atoms with van der Waals surface area (Å²) >= 11 is 5.66. The van der Waals surface area contributed by atoms with Gasteiger partial charge in [-0.25, -0.2) is 13.6 Å². The summed E-state index contributed by atoms with van der Waals surface area (Å²) in [6, 6.07) is 1.40. The summed E-state index contributed by atoms with van der Waals surface area (Å²) in [5.74, 6) is -3.47. The monoisotopic (exact) mass is 328 g/mol. The Morgan fingerprint density at radius 1 is 1.50 bits per heavy atom. The summed E-state index contributed by atoms with van der Waals surface area (Å²) in [6.07, 6.45) is -1.06. The van der Waals surface area contributed by atoms with E-state index in [9.17, 15) is 23.7 Å². The standard InChI is InChI=1S/C10H7ClF2N2O4.ClH/c11-5-1-2-7(15(17)18)6(3-5)8-10(12,13)4-19-9(16)14-8;/h1-3,8H,4H2,(H,14,16);1H/t8-;/m0./s1. The van der Waals surface area contributed by atoms with Gasteiger partial charge in [0.15, 0.2) is 6.61 Å². The van der Waals surface area contributed by atoms with Crippen molar-refractivity contribution in [3.05, 3.63) is 38.9 Å². The molecule has 1 N–H and O–H groups in total. The molecule has 1 aromatic rings. The van der Waals surface area contributed by atoms with Gasteiger partial charge >= 0.3 is 12.0 Å². The van der Waals surface area contributed by atoms with Gasteiger partial charge in [-0.15, -0.1) is 12.4 Å². The first-order valence-electron chi connectivity index (χ1n) is 5.06. The summed E-state index contributed by atoms with van der Waals surface area (Å²) in [6.45, 7) is -1.15. The second-order valence-electron chi connectivity index (χ2n) is 3.87. The third-order valence-electron chi connectivity index (χ3n) is 2.58. The Balaban J connectivity index is 0.00000200. The van der Waals surface area contributed by atoms with Crippen LogP contribution in [0.3, 0.4) is 0 Å². The van der Waals surface area contributed by atoms with Gasteiger partial charge in [-0.1, -0.05) is 11.6 Å². The molecule has 0 unspecified atom stereocenters. The lowest BCUT2D eigenvalue weighted by Gasteiger charge is -2.31. The molecule has 1 fully saturated rings. The van der Waals surface area contributed by atoms with E-state index in [0.29, 0.717) is 0 Å². The van der Waals surface area contributed by atoms with Gasteiger partial charge in [0.25, 0.3) is 5.69 Å². The van der Waals surface area contributed by atoms with Crippen LogP contribution in [0.25, 0.3) is 0 Å². The molecule has 0 saturated carbocycles. The average Bonchev–Trinajstić information content (AvgIpc) is 2.32. The fourth-order valence-corrected chi connectivity index (χ4v) is 1.92.